The molecule has 3 fully saturated rings. The molecule has 2 atom stereocenters. The zero-order chi connectivity index (χ0) is 20.3. The number of rotatable bonds is 6. The van der Waals surface area contributed by atoms with Gasteiger partial charge in [0.2, 0.25) is 11.9 Å². The third-order valence-corrected chi connectivity index (χ3v) is 6.41. The van der Waals surface area contributed by atoms with Crippen molar-refractivity contribution in [1.29, 1.82) is 0 Å². The molecule has 0 radical (unpaired) electrons. The molecule has 1 amide bonds. The zero-order valence-electron chi connectivity index (χ0n) is 17.3. The average molecular weight is 408 g/mol. The first-order valence-electron chi connectivity index (χ1n) is 11.0. The number of fused-ring (bicyclic) bond motifs is 1. The molecule has 7 nitrogen and oxygen atoms in total. The van der Waals surface area contributed by atoms with Gasteiger partial charge in [-0.05, 0) is 30.9 Å². The molecule has 3 aliphatic heterocycles. The van der Waals surface area contributed by atoms with Gasteiger partial charge in [-0.25, -0.2) is 9.97 Å². The highest BCUT2D eigenvalue weighted by atomic mass is 16.5. The third kappa shape index (κ3) is 4.18. The topological polar surface area (TPSA) is 61.8 Å². The lowest BCUT2D eigenvalue weighted by Gasteiger charge is -2.36. The largest absolute Gasteiger partial charge is 0.365 e. The van der Waals surface area contributed by atoms with Gasteiger partial charge in [-0.3, -0.25) is 9.69 Å². The number of nitrogens with zero attached hydrogens (tertiary/aromatic N) is 5. The number of likely N-dealkylation sites (tertiary alicyclic amines) is 1. The van der Waals surface area contributed by atoms with E-state index in [0.717, 1.165) is 57.3 Å². The van der Waals surface area contributed by atoms with Gasteiger partial charge in [-0.2, -0.15) is 0 Å². The van der Waals surface area contributed by atoms with Gasteiger partial charge < -0.3 is 14.5 Å². The van der Waals surface area contributed by atoms with Gasteiger partial charge in [0.1, 0.15) is 6.61 Å². The van der Waals surface area contributed by atoms with Crippen LogP contribution in [0.25, 0.3) is 0 Å². The Labute approximate surface area is 177 Å². The molecule has 1 aromatic carbocycles. The second kappa shape index (κ2) is 8.70. The van der Waals surface area contributed by atoms with Crippen LogP contribution in [0.2, 0.25) is 0 Å². The van der Waals surface area contributed by atoms with Crippen molar-refractivity contribution in [3.63, 3.8) is 0 Å². The molecular formula is C23H29N5O2. The number of carbonyl (C=O) groups is 1. The molecule has 4 heterocycles. The summed E-state index contributed by atoms with van der Waals surface area (Å²) in [7, 11) is 0. The van der Waals surface area contributed by atoms with Crippen molar-refractivity contribution >= 4 is 11.9 Å². The molecule has 5 rings (SSSR count). The lowest BCUT2D eigenvalue weighted by molar-refractivity contribution is -0.152. The summed E-state index contributed by atoms with van der Waals surface area (Å²) in [6.07, 6.45) is 5.26. The van der Waals surface area contributed by atoms with Crippen molar-refractivity contribution in [2.24, 2.45) is 0 Å². The molecule has 30 heavy (non-hydrogen) atoms. The summed E-state index contributed by atoms with van der Waals surface area (Å²) in [6, 6.07) is 12.5. The Hall–Kier alpha value is -2.51. The number of amides is 1. The number of benzene rings is 1. The number of carbonyl (C=O) groups excluding carboxylic acids is 1. The summed E-state index contributed by atoms with van der Waals surface area (Å²) in [4.78, 5) is 28.5. The fraction of sp³-hybridized carbons (Fsp3) is 0.522. The zero-order valence-corrected chi connectivity index (χ0v) is 17.3. The van der Waals surface area contributed by atoms with Crippen molar-refractivity contribution in [1.82, 2.24) is 19.8 Å². The van der Waals surface area contributed by atoms with E-state index >= 15 is 0 Å². The molecule has 1 aromatic heterocycles. The predicted octanol–water partition coefficient (Wildman–Crippen LogP) is 1.73. The lowest BCUT2D eigenvalue weighted by atomic mass is 10.1. The first kappa shape index (κ1) is 19.5. The highest BCUT2D eigenvalue weighted by Crippen LogP contribution is 2.25. The number of hydrogen-bond donors (Lipinski definition) is 0. The van der Waals surface area contributed by atoms with E-state index in [1.807, 2.05) is 23.2 Å². The molecule has 158 valence electrons. The van der Waals surface area contributed by atoms with Gasteiger partial charge in [0, 0.05) is 45.5 Å². The first-order chi connectivity index (χ1) is 14.8. The molecule has 3 aliphatic rings. The van der Waals surface area contributed by atoms with Crippen LogP contribution in [-0.4, -0.2) is 77.2 Å². The summed E-state index contributed by atoms with van der Waals surface area (Å²) >= 11 is 0. The molecule has 3 saturated heterocycles. The smallest absolute Gasteiger partial charge is 0.248 e. The lowest BCUT2D eigenvalue weighted by Crippen LogP contribution is -2.54. The van der Waals surface area contributed by atoms with Crippen molar-refractivity contribution in [2.45, 2.75) is 38.0 Å². The standard InChI is InChI=1S/C23H29N5O2/c29-22-17-30-21-16-26(14-19-8-10-24-23(25-19)27-11-4-5-12-27)15-20(21)28(22)13-9-18-6-2-1-3-7-18/h1-3,6-8,10,20-21H,4-5,9,11-17H2/t20-,21-/m0/s1. The Kier molecular flexibility index (Phi) is 5.64. The van der Waals surface area contributed by atoms with Gasteiger partial charge in [0.15, 0.2) is 0 Å². The van der Waals surface area contributed by atoms with E-state index in [-0.39, 0.29) is 24.7 Å². The van der Waals surface area contributed by atoms with Crippen LogP contribution in [0.4, 0.5) is 5.95 Å². The number of anilines is 1. The normalized spacial score (nSPS) is 24.5. The van der Waals surface area contributed by atoms with Crippen LogP contribution >= 0.6 is 0 Å². The second-order valence-electron chi connectivity index (χ2n) is 8.48. The summed E-state index contributed by atoms with van der Waals surface area (Å²) in [5, 5.41) is 0. The highest BCUT2D eigenvalue weighted by Gasteiger charge is 2.42. The number of morpholine rings is 1. The van der Waals surface area contributed by atoms with E-state index in [4.69, 9.17) is 9.72 Å². The Morgan fingerprint density at radius 2 is 1.90 bits per heavy atom. The molecule has 7 heteroatoms. The highest BCUT2D eigenvalue weighted by molar-refractivity contribution is 5.78. The second-order valence-corrected chi connectivity index (χ2v) is 8.48. The Balaban J connectivity index is 1.23. The van der Waals surface area contributed by atoms with Gasteiger partial charge in [-0.15, -0.1) is 0 Å². The minimum absolute atomic E-state index is 0.0818. The van der Waals surface area contributed by atoms with Crippen molar-refractivity contribution < 1.29 is 9.53 Å². The Morgan fingerprint density at radius 1 is 1.07 bits per heavy atom. The summed E-state index contributed by atoms with van der Waals surface area (Å²) < 4.78 is 5.90. The number of ether oxygens (including phenoxy) is 1. The SMILES string of the molecule is O=C1CO[C@H]2CN(Cc3ccnc(N4CCCC4)n3)C[C@@H]2N1CCc1ccccc1. The van der Waals surface area contributed by atoms with Crippen molar-refractivity contribution in [3.05, 3.63) is 53.9 Å². The van der Waals surface area contributed by atoms with Crippen molar-refractivity contribution in [3.8, 4) is 0 Å². The predicted molar refractivity (Wildman–Crippen MR) is 114 cm³/mol. The van der Waals surface area contributed by atoms with Crippen molar-refractivity contribution in [2.75, 3.05) is 44.2 Å². The van der Waals surface area contributed by atoms with Crippen LogP contribution in [0, 0.1) is 0 Å². The van der Waals surface area contributed by atoms with E-state index in [0.29, 0.717) is 0 Å². The molecule has 2 aromatic rings. The first-order valence-corrected chi connectivity index (χ1v) is 11.0. The monoisotopic (exact) mass is 407 g/mol. The minimum Gasteiger partial charge on any atom is -0.365 e. The summed E-state index contributed by atoms with van der Waals surface area (Å²) in [5.41, 5.74) is 2.30. The molecule has 0 unspecified atom stereocenters. The number of aromatic nitrogens is 2. The average Bonchev–Trinajstić information content (AvgIpc) is 3.44. The molecular weight excluding hydrogens is 378 g/mol. The van der Waals surface area contributed by atoms with Gasteiger partial charge in [0.25, 0.3) is 0 Å². The van der Waals surface area contributed by atoms with E-state index in [9.17, 15) is 4.79 Å². The van der Waals surface area contributed by atoms with Crippen LogP contribution in [-0.2, 0) is 22.5 Å². The molecule has 0 aliphatic carbocycles. The van der Waals surface area contributed by atoms with Crippen LogP contribution < -0.4 is 4.90 Å². The maximum absolute atomic E-state index is 12.6. The van der Waals surface area contributed by atoms with Crippen LogP contribution in [0.15, 0.2) is 42.6 Å². The van der Waals surface area contributed by atoms with E-state index < -0.39 is 0 Å². The maximum Gasteiger partial charge on any atom is 0.248 e. The fourth-order valence-electron chi connectivity index (χ4n) is 4.83. The summed E-state index contributed by atoms with van der Waals surface area (Å²) in [6.45, 7) is 5.45. The van der Waals surface area contributed by atoms with Gasteiger partial charge in [0.05, 0.1) is 17.8 Å². The van der Waals surface area contributed by atoms with Gasteiger partial charge >= 0.3 is 0 Å². The third-order valence-electron chi connectivity index (χ3n) is 6.41. The van der Waals surface area contributed by atoms with Gasteiger partial charge in [-0.1, -0.05) is 30.3 Å². The molecule has 0 spiro atoms. The fourth-order valence-corrected chi connectivity index (χ4v) is 4.83. The minimum atomic E-state index is 0.0818. The maximum atomic E-state index is 12.6. The van der Waals surface area contributed by atoms with E-state index in [1.165, 1.54) is 18.4 Å². The summed E-state index contributed by atoms with van der Waals surface area (Å²) in [5.74, 6) is 0.949. The van der Waals surface area contributed by atoms with E-state index in [2.05, 4.69) is 39.0 Å². The molecule has 0 N–H and O–H groups in total. The Morgan fingerprint density at radius 3 is 2.73 bits per heavy atom. The Bertz CT molecular complexity index is 871. The quantitative estimate of drug-likeness (QED) is 0.727. The van der Waals surface area contributed by atoms with Crippen LogP contribution in [0.3, 0.4) is 0 Å². The van der Waals surface area contributed by atoms with Crippen LogP contribution in [0.5, 0.6) is 0 Å². The molecule has 0 bridgehead atoms. The van der Waals surface area contributed by atoms with Crippen LogP contribution in [0.1, 0.15) is 24.1 Å². The van der Waals surface area contributed by atoms with E-state index in [1.54, 1.807) is 0 Å². The molecule has 0 saturated carbocycles. The number of hydrogen-bond acceptors (Lipinski definition) is 6.